The number of hydrogen-bond acceptors (Lipinski definition) is 6. The number of methoxy groups -OCH3 is 1. The van der Waals surface area contributed by atoms with Gasteiger partial charge in [-0.05, 0) is 6.92 Å². The molecule has 90 valence electrons. The van der Waals surface area contributed by atoms with Crippen LogP contribution in [0.5, 0.6) is 5.88 Å². The van der Waals surface area contributed by atoms with Crippen LogP contribution in [0.1, 0.15) is 10.7 Å². The molecule has 2 heterocycles. The lowest BCUT2D eigenvalue weighted by Crippen LogP contribution is -2.08. The maximum Gasteiger partial charge on any atom is 0.226 e. The zero-order valence-electron chi connectivity index (χ0n) is 9.80. The fourth-order valence-corrected chi connectivity index (χ4v) is 2.00. The molecule has 0 aromatic carbocycles. The van der Waals surface area contributed by atoms with Crippen LogP contribution >= 0.6 is 11.3 Å². The van der Waals surface area contributed by atoms with E-state index in [1.807, 2.05) is 18.5 Å². The molecule has 2 aromatic heterocycles. The number of nitrogens with zero attached hydrogens (tertiary/aromatic N) is 3. The van der Waals surface area contributed by atoms with Crippen molar-refractivity contribution in [3.05, 3.63) is 28.3 Å². The van der Waals surface area contributed by atoms with Gasteiger partial charge in [0.1, 0.15) is 0 Å². The van der Waals surface area contributed by atoms with Gasteiger partial charge in [0.2, 0.25) is 11.8 Å². The molecule has 0 aliphatic carbocycles. The van der Waals surface area contributed by atoms with Gasteiger partial charge >= 0.3 is 0 Å². The predicted molar refractivity (Wildman–Crippen MR) is 67.6 cm³/mol. The Kier molecular flexibility index (Phi) is 3.87. The van der Waals surface area contributed by atoms with Crippen LogP contribution < -0.4 is 10.1 Å². The molecule has 17 heavy (non-hydrogen) atoms. The summed E-state index contributed by atoms with van der Waals surface area (Å²) in [6, 6.07) is 1.80. The van der Waals surface area contributed by atoms with E-state index in [0.29, 0.717) is 11.8 Å². The average Bonchev–Trinajstić information content (AvgIpc) is 2.81. The first-order valence-corrected chi connectivity index (χ1v) is 6.18. The highest BCUT2D eigenvalue weighted by Gasteiger charge is 2.02. The van der Waals surface area contributed by atoms with Crippen molar-refractivity contribution in [3.63, 3.8) is 0 Å². The molecule has 2 rings (SSSR count). The summed E-state index contributed by atoms with van der Waals surface area (Å²) >= 11 is 1.65. The Morgan fingerprint density at radius 2 is 2.29 bits per heavy atom. The highest BCUT2D eigenvalue weighted by Crippen LogP contribution is 2.11. The number of aromatic nitrogens is 3. The number of hydrogen-bond donors (Lipinski definition) is 1. The summed E-state index contributed by atoms with van der Waals surface area (Å²) in [5.41, 5.74) is 0.883. The van der Waals surface area contributed by atoms with Gasteiger partial charge in [0, 0.05) is 36.3 Å². The van der Waals surface area contributed by atoms with Gasteiger partial charge in [-0.15, -0.1) is 11.3 Å². The SMILES string of the molecule is COc1cc(C)nc(NCCc2nccs2)n1. The van der Waals surface area contributed by atoms with Crippen LogP contribution in [0.4, 0.5) is 5.95 Å². The summed E-state index contributed by atoms with van der Waals surface area (Å²) in [6.07, 6.45) is 2.68. The third-order valence-electron chi connectivity index (χ3n) is 2.15. The van der Waals surface area contributed by atoms with Crippen LogP contribution in [0, 0.1) is 6.92 Å². The summed E-state index contributed by atoms with van der Waals surface area (Å²) in [5.74, 6) is 1.17. The Hall–Kier alpha value is -1.69. The van der Waals surface area contributed by atoms with Crippen molar-refractivity contribution in [1.29, 1.82) is 0 Å². The van der Waals surface area contributed by atoms with Crippen molar-refractivity contribution in [1.82, 2.24) is 15.0 Å². The molecule has 0 amide bonds. The molecule has 0 fully saturated rings. The molecular weight excluding hydrogens is 236 g/mol. The van der Waals surface area contributed by atoms with E-state index >= 15 is 0 Å². The normalized spacial score (nSPS) is 10.2. The number of thiazole rings is 1. The van der Waals surface area contributed by atoms with E-state index in [2.05, 4.69) is 20.3 Å². The van der Waals surface area contributed by atoms with E-state index in [0.717, 1.165) is 23.7 Å². The Bertz CT molecular complexity index is 472. The van der Waals surface area contributed by atoms with E-state index in [4.69, 9.17) is 4.74 Å². The van der Waals surface area contributed by atoms with Crippen molar-refractivity contribution in [2.24, 2.45) is 0 Å². The number of aryl methyl sites for hydroxylation is 1. The van der Waals surface area contributed by atoms with Gasteiger partial charge in [0.25, 0.3) is 0 Å². The minimum absolute atomic E-state index is 0.578. The van der Waals surface area contributed by atoms with Gasteiger partial charge in [-0.2, -0.15) is 4.98 Å². The third-order valence-corrected chi connectivity index (χ3v) is 2.98. The van der Waals surface area contributed by atoms with Crippen molar-refractivity contribution in [2.45, 2.75) is 13.3 Å². The highest BCUT2D eigenvalue weighted by atomic mass is 32.1. The van der Waals surface area contributed by atoms with Crippen LogP contribution in [0.2, 0.25) is 0 Å². The molecular formula is C11H14N4OS. The molecule has 1 N–H and O–H groups in total. The van der Waals surface area contributed by atoms with E-state index in [-0.39, 0.29) is 0 Å². The molecule has 5 nitrogen and oxygen atoms in total. The second kappa shape index (κ2) is 5.58. The van der Waals surface area contributed by atoms with Crippen LogP contribution in [-0.4, -0.2) is 28.6 Å². The van der Waals surface area contributed by atoms with Crippen LogP contribution in [0.15, 0.2) is 17.6 Å². The first-order chi connectivity index (χ1) is 8.28. The molecule has 0 aliphatic rings. The minimum atomic E-state index is 0.578. The van der Waals surface area contributed by atoms with Crippen LogP contribution in [0.3, 0.4) is 0 Å². The quantitative estimate of drug-likeness (QED) is 0.878. The Labute approximate surface area is 104 Å². The standard InChI is InChI=1S/C11H14N4OS/c1-8-7-9(16-2)15-11(14-8)13-4-3-10-12-5-6-17-10/h5-7H,3-4H2,1-2H3,(H,13,14,15). The van der Waals surface area contributed by atoms with Gasteiger partial charge < -0.3 is 10.1 Å². The maximum atomic E-state index is 5.09. The molecule has 0 atom stereocenters. The van der Waals surface area contributed by atoms with E-state index < -0.39 is 0 Å². The molecule has 0 unspecified atom stereocenters. The second-order valence-electron chi connectivity index (χ2n) is 3.48. The third kappa shape index (κ3) is 3.39. The van der Waals surface area contributed by atoms with Gasteiger partial charge in [-0.3, -0.25) is 0 Å². The van der Waals surface area contributed by atoms with Gasteiger partial charge in [-0.25, -0.2) is 9.97 Å². The molecule has 0 saturated heterocycles. The summed E-state index contributed by atoms with van der Waals surface area (Å²) < 4.78 is 5.09. The van der Waals surface area contributed by atoms with Crippen LogP contribution in [-0.2, 0) is 6.42 Å². The lowest BCUT2D eigenvalue weighted by Gasteiger charge is -2.06. The number of anilines is 1. The Morgan fingerprint density at radius 1 is 1.41 bits per heavy atom. The molecule has 0 spiro atoms. The van der Waals surface area contributed by atoms with Crippen LogP contribution in [0.25, 0.3) is 0 Å². The van der Waals surface area contributed by atoms with Crippen molar-refractivity contribution < 1.29 is 4.74 Å². The number of nitrogens with one attached hydrogen (secondary N) is 1. The summed E-state index contributed by atoms with van der Waals surface area (Å²) in [6.45, 7) is 2.68. The highest BCUT2D eigenvalue weighted by molar-refractivity contribution is 7.09. The molecule has 2 aromatic rings. The minimum Gasteiger partial charge on any atom is -0.481 e. The lowest BCUT2D eigenvalue weighted by molar-refractivity contribution is 0.397. The molecule has 0 aliphatic heterocycles. The first-order valence-electron chi connectivity index (χ1n) is 5.30. The summed E-state index contributed by atoms with van der Waals surface area (Å²) in [5, 5.41) is 6.25. The van der Waals surface area contributed by atoms with E-state index in [1.165, 1.54) is 0 Å². The fraction of sp³-hybridized carbons (Fsp3) is 0.364. The average molecular weight is 250 g/mol. The van der Waals surface area contributed by atoms with Crippen molar-refractivity contribution >= 4 is 17.3 Å². The monoisotopic (exact) mass is 250 g/mol. The molecule has 0 bridgehead atoms. The summed E-state index contributed by atoms with van der Waals surface area (Å²) in [4.78, 5) is 12.7. The van der Waals surface area contributed by atoms with Gasteiger partial charge in [0.05, 0.1) is 12.1 Å². The Balaban J connectivity index is 1.92. The van der Waals surface area contributed by atoms with Crippen molar-refractivity contribution in [2.75, 3.05) is 19.0 Å². The smallest absolute Gasteiger partial charge is 0.226 e. The molecule has 0 saturated carbocycles. The zero-order chi connectivity index (χ0) is 12.1. The maximum absolute atomic E-state index is 5.09. The second-order valence-corrected chi connectivity index (χ2v) is 4.46. The predicted octanol–water partition coefficient (Wildman–Crippen LogP) is 1.90. The molecule has 6 heteroatoms. The zero-order valence-corrected chi connectivity index (χ0v) is 10.6. The van der Waals surface area contributed by atoms with E-state index in [1.54, 1.807) is 24.5 Å². The molecule has 0 radical (unpaired) electrons. The fourth-order valence-electron chi connectivity index (χ4n) is 1.38. The number of rotatable bonds is 5. The number of ether oxygens (including phenoxy) is 1. The topological polar surface area (TPSA) is 59.9 Å². The Morgan fingerprint density at radius 3 is 3.00 bits per heavy atom. The summed E-state index contributed by atoms with van der Waals surface area (Å²) in [7, 11) is 1.60. The van der Waals surface area contributed by atoms with Crippen molar-refractivity contribution in [3.8, 4) is 5.88 Å². The first kappa shape index (κ1) is 11.8. The van der Waals surface area contributed by atoms with Gasteiger partial charge in [-0.1, -0.05) is 0 Å². The lowest BCUT2D eigenvalue weighted by atomic mass is 10.4. The van der Waals surface area contributed by atoms with Gasteiger partial charge in [0.15, 0.2) is 0 Å². The van der Waals surface area contributed by atoms with E-state index in [9.17, 15) is 0 Å². The largest absolute Gasteiger partial charge is 0.481 e.